The summed E-state index contributed by atoms with van der Waals surface area (Å²) in [5.41, 5.74) is 0.219. The Labute approximate surface area is 184 Å². The van der Waals surface area contributed by atoms with Gasteiger partial charge in [-0.05, 0) is 38.5 Å². The number of hydrogen-bond donors (Lipinski definition) is 2. The van der Waals surface area contributed by atoms with E-state index in [0.29, 0.717) is 37.4 Å². The number of benzene rings is 1. The number of sulfonamides is 1. The molecule has 0 spiro atoms. The van der Waals surface area contributed by atoms with Gasteiger partial charge in [0.2, 0.25) is 15.9 Å². The van der Waals surface area contributed by atoms with Crippen molar-refractivity contribution in [1.29, 1.82) is 0 Å². The van der Waals surface area contributed by atoms with Crippen molar-refractivity contribution in [2.45, 2.75) is 44.8 Å². The predicted molar refractivity (Wildman–Crippen MR) is 117 cm³/mol. The summed E-state index contributed by atoms with van der Waals surface area (Å²) >= 11 is 0. The van der Waals surface area contributed by atoms with Crippen LogP contribution in [0.1, 0.15) is 44.7 Å². The van der Waals surface area contributed by atoms with Crippen molar-refractivity contribution in [2.24, 2.45) is 0 Å². The molecule has 1 aliphatic rings. The molecular formula is C21H34N2O7S. The Morgan fingerprint density at radius 1 is 1.35 bits per heavy atom. The number of carbonyl (C=O) groups is 1. The molecule has 2 rings (SSSR count). The van der Waals surface area contributed by atoms with Crippen LogP contribution in [0.15, 0.2) is 18.2 Å². The highest BCUT2D eigenvalue weighted by Gasteiger charge is 2.40. The van der Waals surface area contributed by atoms with Gasteiger partial charge in [0.1, 0.15) is 17.1 Å². The first-order chi connectivity index (χ1) is 14.6. The number of aliphatic hydroxyl groups excluding tert-OH is 1. The van der Waals surface area contributed by atoms with Gasteiger partial charge in [0.05, 0.1) is 32.1 Å². The first-order valence-corrected chi connectivity index (χ1v) is 12.2. The van der Waals surface area contributed by atoms with Crippen molar-refractivity contribution in [3.05, 3.63) is 23.8 Å². The summed E-state index contributed by atoms with van der Waals surface area (Å²) in [6.07, 6.45) is 2.51. The van der Waals surface area contributed by atoms with E-state index in [4.69, 9.17) is 19.3 Å². The Bertz CT molecular complexity index is 842. The van der Waals surface area contributed by atoms with Crippen molar-refractivity contribution in [2.75, 3.05) is 46.3 Å². The molecule has 176 valence electrons. The van der Waals surface area contributed by atoms with Crippen LogP contribution in [0.3, 0.4) is 0 Å². The van der Waals surface area contributed by atoms with Crippen molar-refractivity contribution in [3.8, 4) is 11.5 Å². The fraction of sp³-hybridized carbons (Fsp3) is 0.667. The van der Waals surface area contributed by atoms with E-state index in [9.17, 15) is 13.2 Å². The SMILES string of the molecule is COCCN(C1CC(C)(C)Oc2ccc(OCCCC(=O)NCCO)cc21)S(C)(=O)=O. The third-order valence-corrected chi connectivity index (χ3v) is 6.24. The number of ether oxygens (including phenoxy) is 3. The highest BCUT2D eigenvalue weighted by atomic mass is 32.2. The predicted octanol–water partition coefficient (Wildman–Crippen LogP) is 1.46. The minimum atomic E-state index is -3.49. The Hall–Kier alpha value is -1.88. The normalized spacial score (nSPS) is 17.7. The van der Waals surface area contributed by atoms with Crippen LogP contribution in [0.5, 0.6) is 11.5 Å². The number of nitrogens with one attached hydrogen (secondary N) is 1. The first kappa shape index (κ1) is 25.4. The van der Waals surface area contributed by atoms with E-state index < -0.39 is 21.7 Å². The van der Waals surface area contributed by atoms with Gasteiger partial charge in [-0.3, -0.25) is 4.79 Å². The number of rotatable bonds is 12. The molecule has 1 aliphatic heterocycles. The zero-order valence-corrected chi connectivity index (χ0v) is 19.5. The van der Waals surface area contributed by atoms with Crippen LogP contribution >= 0.6 is 0 Å². The molecule has 0 saturated carbocycles. The maximum Gasteiger partial charge on any atom is 0.220 e. The number of methoxy groups -OCH3 is 1. The number of amides is 1. The van der Waals surface area contributed by atoms with Gasteiger partial charge in [0, 0.05) is 38.6 Å². The van der Waals surface area contributed by atoms with E-state index in [1.807, 2.05) is 19.9 Å². The monoisotopic (exact) mass is 458 g/mol. The molecule has 0 fully saturated rings. The second kappa shape index (κ2) is 11.1. The molecule has 2 N–H and O–H groups in total. The van der Waals surface area contributed by atoms with Gasteiger partial charge in [0.15, 0.2) is 0 Å². The van der Waals surface area contributed by atoms with Gasteiger partial charge >= 0.3 is 0 Å². The lowest BCUT2D eigenvalue weighted by atomic mass is 9.89. The Balaban J connectivity index is 2.16. The molecule has 0 saturated heterocycles. The van der Waals surface area contributed by atoms with Crippen molar-refractivity contribution >= 4 is 15.9 Å². The van der Waals surface area contributed by atoms with Crippen molar-refractivity contribution in [3.63, 3.8) is 0 Å². The van der Waals surface area contributed by atoms with Gasteiger partial charge < -0.3 is 24.6 Å². The third-order valence-electron chi connectivity index (χ3n) is 4.95. The van der Waals surface area contributed by atoms with Gasteiger partial charge in [-0.2, -0.15) is 4.31 Å². The third kappa shape index (κ3) is 7.64. The van der Waals surface area contributed by atoms with E-state index in [1.54, 1.807) is 19.2 Å². The van der Waals surface area contributed by atoms with Crippen LogP contribution < -0.4 is 14.8 Å². The number of nitrogens with zero attached hydrogens (tertiary/aromatic N) is 1. The van der Waals surface area contributed by atoms with E-state index in [0.717, 1.165) is 5.56 Å². The van der Waals surface area contributed by atoms with Gasteiger partial charge in [0.25, 0.3) is 0 Å². The maximum absolute atomic E-state index is 12.5. The summed E-state index contributed by atoms with van der Waals surface area (Å²) in [5.74, 6) is 1.08. The minimum Gasteiger partial charge on any atom is -0.494 e. The summed E-state index contributed by atoms with van der Waals surface area (Å²) in [6, 6.07) is 4.98. The molecule has 10 heteroatoms. The molecule has 9 nitrogen and oxygen atoms in total. The maximum atomic E-state index is 12.5. The average molecular weight is 459 g/mol. The standard InChI is InChI=1S/C21H34N2O7S/c1-21(2)15-18(23(10-13-28-3)31(4,26)27)17-14-16(7-8-19(17)30-21)29-12-5-6-20(25)22-9-11-24/h7-8,14,18,24H,5-6,9-13,15H2,1-4H3,(H,22,25). The second-order valence-corrected chi connectivity index (χ2v) is 10.1. The van der Waals surface area contributed by atoms with E-state index in [1.165, 1.54) is 10.6 Å². The summed E-state index contributed by atoms with van der Waals surface area (Å²) in [4.78, 5) is 11.6. The van der Waals surface area contributed by atoms with Gasteiger partial charge in [-0.25, -0.2) is 8.42 Å². The zero-order chi connectivity index (χ0) is 23.1. The lowest BCUT2D eigenvalue weighted by molar-refractivity contribution is -0.121. The van der Waals surface area contributed by atoms with Crippen molar-refractivity contribution in [1.82, 2.24) is 9.62 Å². The van der Waals surface area contributed by atoms with Crippen LogP contribution in [0.25, 0.3) is 0 Å². The highest BCUT2D eigenvalue weighted by molar-refractivity contribution is 7.88. The Morgan fingerprint density at radius 3 is 2.74 bits per heavy atom. The van der Waals surface area contributed by atoms with Crippen LogP contribution in [0, 0.1) is 0 Å². The number of fused-ring (bicyclic) bond motifs is 1. The highest BCUT2D eigenvalue weighted by Crippen LogP contribution is 2.44. The number of aliphatic hydroxyl groups is 1. The zero-order valence-electron chi connectivity index (χ0n) is 18.7. The molecule has 1 aromatic carbocycles. The largest absolute Gasteiger partial charge is 0.494 e. The summed E-state index contributed by atoms with van der Waals surface area (Å²) in [5, 5.41) is 11.3. The molecule has 1 atom stereocenters. The van der Waals surface area contributed by atoms with Crippen LogP contribution in [0.4, 0.5) is 0 Å². The quantitative estimate of drug-likeness (QED) is 0.456. The fourth-order valence-electron chi connectivity index (χ4n) is 3.58. The molecule has 31 heavy (non-hydrogen) atoms. The molecular weight excluding hydrogens is 424 g/mol. The fourth-order valence-corrected chi connectivity index (χ4v) is 4.64. The van der Waals surface area contributed by atoms with Crippen LogP contribution in [-0.2, 0) is 19.6 Å². The molecule has 0 aromatic heterocycles. The molecule has 1 unspecified atom stereocenters. The van der Waals surface area contributed by atoms with Gasteiger partial charge in [-0.15, -0.1) is 0 Å². The first-order valence-electron chi connectivity index (χ1n) is 10.4. The van der Waals surface area contributed by atoms with E-state index >= 15 is 0 Å². The molecule has 0 bridgehead atoms. The summed E-state index contributed by atoms with van der Waals surface area (Å²) in [7, 11) is -1.95. The van der Waals surface area contributed by atoms with Crippen LogP contribution in [-0.4, -0.2) is 75.6 Å². The van der Waals surface area contributed by atoms with E-state index in [-0.39, 0.29) is 32.2 Å². The molecule has 1 amide bonds. The summed E-state index contributed by atoms with van der Waals surface area (Å²) in [6.45, 7) is 4.88. The summed E-state index contributed by atoms with van der Waals surface area (Å²) < 4.78 is 43.5. The lowest BCUT2D eigenvalue weighted by Crippen LogP contribution is -2.44. The topological polar surface area (TPSA) is 114 Å². The molecule has 1 heterocycles. The molecule has 0 radical (unpaired) electrons. The Morgan fingerprint density at radius 2 is 2.10 bits per heavy atom. The van der Waals surface area contributed by atoms with Gasteiger partial charge in [-0.1, -0.05) is 0 Å². The molecule has 0 aliphatic carbocycles. The minimum absolute atomic E-state index is 0.0910. The number of hydrogen-bond acceptors (Lipinski definition) is 7. The molecule has 1 aromatic rings. The van der Waals surface area contributed by atoms with Crippen molar-refractivity contribution < 1.29 is 32.5 Å². The van der Waals surface area contributed by atoms with E-state index in [2.05, 4.69) is 5.32 Å². The number of carbonyl (C=O) groups excluding carboxylic acids is 1. The lowest BCUT2D eigenvalue weighted by Gasteiger charge is -2.41. The van der Waals surface area contributed by atoms with Crippen LogP contribution in [0.2, 0.25) is 0 Å². The average Bonchev–Trinajstić information content (AvgIpc) is 2.68. The Kier molecular flexibility index (Phi) is 9.11. The second-order valence-electron chi connectivity index (χ2n) is 8.17. The smallest absolute Gasteiger partial charge is 0.220 e.